The van der Waals surface area contributed by atoms with Crippen LogP contribution in [-0.2, 0) is 0 Å². The minimum atomic E-state index is -1.35. The molecule has 0 heterocycles. The topological polar surface area (TPSA) is 0 Å². The second-order valence-electron chi connectivity index (χ2n) is 3.88. The van der Waals surface area contributed by atoms with Gasteiger partial charge >= 0.3 is 0 Å². The molecule has 0 atom stereocenters. The maximum absolute atomic E-state index is 13.1. The lowest BCUT2D eigenvalue weighted by molar-refractivity contribution is 0.622. The van der Waals surface area contributed by atoms with Crippen LogP contribution in [0.15, 0.2) is 22.7 Å². The molecule has 0 N–H and O–H groups in total. The van der Waals surface area contributed by atoms with Crippen molar-refractivity contribution in [3.8, 4) is 0 Å². The second kappa shape index (κ2) is 3.30. The second-order valence-corrected chi connectivity index (χ2v) is 9.81. The number of hydrogen-bond acceptors (Lipinski definition) is 0. The Morgan fingerprint density at radius 2 is 1.83 bits per heavy atom. The van der Waals surface area contributed by atoms with Crippen molar-refractivity contribution in [3.05, 3.63) is 28.5 Å². The summed E-state index contributed by atoms with van der Waals surface area (Å²) in [4.78, 5) is 0. The molecule has 0 saturated heterocycles. The lowest BCUT2D eigenvalue weighted by Gasteiger charge is -2.16. The molecule has 0 amide bonds. The first-order valence-electron chi connectivity index (χ1n) is 3.87. The largest absolute Gasteiger partial charge is 0.206 e. The SMILES string of the molecule is C[Si](C)(C)c1ccc(Br)c(F)c1. The summed E-state index contributed by atoms with van der Waals surface area (Å²) >= 11 is 3.14. The number of hydrogen-bond donors (Lipinski definition) is 0. The zero-order valence-electron chi connectivity index (χ0n) is 7.49. The van der Waals surface area contributed by atoms with Crippen LogP contribution in [0.1, 0.15) is 0 Å². The molecule has 0 saturated carbocycles. The Kier molecular flexibility index (Phi) is 2.73. The van der Waals surface area contributed by atoms with E-state index in [0.717, 1.165) is 5.19 Å². The molecule has 0 nitrogen and oxygen atoms in total. The van der Waals surface area contributed by atoms with Crippen molar-refractivity contribution in [3.63, 3.8) is 0 Å². The predicted octanol–water partition coefficient (Wildman–Crippen LogP) is 3.13. The quantitative estimate of drug-likeness (QED) is 0.669. The Bertz CT molecular complexity index is 291. The molecule has 1 rings (SSSR count). The zero-order valence-corrected chi connectivity index (χ0v) is 10.1. The Balaban J connectivity index is 3.14. The van der Waals surface area contributed by atoms with Gasteiger partial charge in [-0.15, -0.1) is 0 Å². The van der Waals surface area contributed by atoms with E-state index in [2.05, 4.69) is 35.6 Å². The first-order valence-corrected chi connectivity index (χ1v) is 8.16. The Labute approximate surface area is 81.9 Å². The lowest BCUT2D eigenvalue weighted by Crippen LogP contribution is -2.37. The Morgan fingerprint density at radius 1 is 1.25 bits per heavy atom. The Hall–Kier alpha value is -0.153. The maximum Gasteiger partial charge on any atom is 0.137 e. The first kappa shape index (κ1) is 9.93. The van der Waals surface area contributed by atoms with Gasteiger partial charge in [0.15, 0.2) is 0 Å². The fourth-order valence-electron chi connectivity index (χ4n) is 0.963. The van der Waals surface area contributed by atoms with Gasteiger partial charge in [-0.05, 0) is 28.1 Å². The summed E-state index contributed by atoms with van der Waals surface area (Å²) in [5.74, 6) is -0.157. The molecule has 0 fully saturated rings. The number of halogens is 2. The average molecular weight is 247 g/mol. The highest BCUT2D eigenvalue weighted by molar-refractivity contribution is 9.10. The summed E-state index contributed by atoms with van der Waals surface area (Å²) in [6, 6.07) is 5.42. The monoisotopic (exact) mass is 246 g/mol. The fraction of sp³-hybridized carbons (Fsp3) is 0.333. The van der Waals surface area contributed by atoms with Gasteiger partial charge in [0.2, 0.25) is 0 Å². The van der Waals surface area contributed by atoms with Crippen LogP contribution in [0.3, 0.4) is 0 Å². The van der Waals surface area contributed by atoms with Gasteiger partial charge in [-0.1, -0.05) is 30.9 Å². The predicted molar refractivity (Wildman–Crippen MR) is 57.1 cm³/mol. The van der Waals surface area contributed by atoms with E-state index in [-0.39, 0.29) is 5.82 Å². The highest BCUT2D eigenvalue weighted by Gasteiger charge is 2.17. The molecule has 0 unspecified atom stereocenters. The number of rotatable bonds is 1. The van der Waals surface area contributed by atoms with Crippen LogP contribution in [0.2, 0.25) is 19.6 Å². The van der Waals surface area contributed by atoms with E-state index >= 15 is 0 Å². The third kappa shape index (κ3) is 2.17. The van der Waals surface area contributed by atoms with Gasteiger partial charge in [0, 0.05) is 0 Å². The maximum atomic E-state index is 13.1. The van der Waals surface area contributed by atoms with Crippen molar-refractivity contribution in [2.45, 2.75) is 19.6 Å². The van der Waals surface area contributed by atoms with Crippen molar-refractivity contribution in [2.24, 2.45) is 0 Å². The average Bonchev–Trinajstić information content (AvgIpc) is 1.92. The van der Waals surface area contributed by atoms with Crippen molar-refractivity contribution in [2.75, 3.05) is 0 Å². The van der Waals surface area contributed by atoms with Gasteiger partial charge in [-0.3, -0.25) is 0 Å². The van der Waals surface area contributed by atoms with E-state index in [1.807, 2.05) is 6.07 Å². The van der Waals surface area contributed by atoms with Gasteiger partial charge in [0.25, 0.3) is 0 Å². The van der Waals surface area contributed by atoms with E-state index in [1.54, 1.807) is 12.1 Å². The van der Waals surface area contributed by atoms with Crippen LogP contribution in [0.25, 0.3) is 0 Å². The molecule has 0 bridgehead atoms. The van der Waals surface area contributed by atoms with Crippen LogP contribution in [0.5, 0.6) is 0 Å². The van der Waals surface area contributed by atoms with Gasteiger partial charge in [0.1, 0.15) is 5.82 Å². The summed E-state index contributed by atoms with van der Waals surface area (Å²) in [6.07, 6.45) is 0. The molecule has 0 radical (unpaired) electrons. The molecule has 0 aliphatic carbocycles. The highest BCUT2D eigenvalue weighted by Crippen LogP contribution is 2.14. The van der Waals surface area contributed by atoms with E-state index in [9.17, 15) is 4.39 Å². The molecular weight excluding hydrogens is 235 g/mol. The minimum absolute atomic E-state index is 0.157. The molecule has 12 heavy (non-hydrogen) atoms. The van der Waals surface area contributed by atoms with Crippen LogP contribution >= 0.6 is 15.9 Å². The molecule has 0 aromatic heterocycles. The van der Waals surface area contributed by atoms with Gasteiger partial charge in [-0.25, -0.2) is 4.39 Å². The number of benzene rings is 1. The van der Waals surface area contributed by atoms with Gasteiger partial charge in [-0.2, -0.15) is 0 Å². The van der Waals surface area contributed by atoms with E-state index in [1.165, 1.54) is 0 Å². The normalized spacial score (nSPS) is 11.8. The van der Waals surface area contributed by atoms with Crippen molar-refractivity contribution >= 4 is 29.2 Å². The minimum Gasteiger partial charge on any atom is -0.206 e. The summed E-state index contributed by atoms with van der Waals surface area (Å²) in [6.45, 7) is 6.61. The third-order valence-corrected chi connectivity index (χ3v) is 4.47. The Morgan fingerprint density at radius 3 is 2.25 bits per heavy atom. The molecule has 0 aliphatic rings. The molecule has 3 heteroatoms. The summed E-state index contributed by atoms with van der Waals surface area (Å²) in [5, 5.41) is 1.16. The molecule has 1 aromatic rings. The van der Waals surface area contributed by atoms with E-state index in [0.29, 0.717) is 4.47 Å². The molecule has 0 aliphatic heterocycles. The highest BCUT2D eigenvalue weighted by atomic mass is 79.9. The van der Waals surface area contributed by atoms with Gasteiger partial charge in [0.05, 0.1) is 12.5 Å². The van der Waals surface area contributed by atoms with Crippen molar-refractivity contribution in [1.29, 1.82) is 0 Å². The van der Waals surface area contributed by atoms with Crippen molar-refractivity contribution in [1.82, 2.24) is 0 Å². The summed E-state index contributed by atoms with van der Waals surface area (Å²) < 4.78 is 13.6. The fourth-order valence-corrected chi connectivity index (χ4v) is 2.35. The van der Waals surface area contributed by atoms with Gasteiger partial charge < -0.3 is 0 Å². The molecule has 66 valence electrons. The standard InChI is InChI=1S/C9H12BrFSi/c1-12(2,3)7-4-5-8(10)9(11)6-7/h4-6H,1-3H3. The van der Waals surface area contributed by atoms with Crippen molar-refractivity contribution < 1.29 is 4.39 Å². The molecule has 0 spiro atoms. The third-order valence-electron chi connectivity index (χ3n) is 1.79. The van der Waals surface area contributed by atoms with Crippen LogP contribution in [0, 0.1) is 5.82 Å². The smallest absolute Gasteiger partial charge is 0.137 e. The van der Waals surface area contributed by atoms with E-state index < -0.39 is 8.07 Å². The van der Waals surface area contributed by atoms with Crippen LogP contribution in [-0.4, -0.2) is 8.07 Å². The summed E-state index contributed by atoms with van der Waals surface area (Å²) in [5.41, 5.74) is 0. The molecule has 1 aromatic carbocycles. The first-order chi connectivity index (χ1) is 5.41. The zero-order chi connectivity index (χ0) is 9.35. The summed E-state index contributed by atoms with van der Waals surface area (Å²) in [7, 11) is -1.35. The van der Waals surface area contributed by atoms with Crippen LogP contribution < -0.4 is 5.19 Å². The van der Waals surface area contributed by atoms with E-state index in [4.69, 9.17) is 0 Å². The molecular formula is C9H12BrFSi. The van der Waals surface area contributed by atoms with Crippen LogP contribution in [0.4, 0.5) is 4.39 Å². The lowest BCUT2D eigenvalue weighted by atomic mass is 10.3.